The second kappa shape index (κ2) is 7.45. The fraction of sp³-hybridized carbons (Fsp3) is 0.190. The van der Waals surface area contributed by atoms with E-state index in [9.17, 15) is 4.79 Å². The Morgan fingerprint density at radius 1 is 1.11 bits per heavy atom. The first kappa shape index (κ1) is 17.0. The van der Waals surface area contributed by atoms with Crippen molar-refractivity contribution in [3.05, 3.63) is 72.1 Å². The van der Waals surface area contributed by atoms with Gasteiger partial charge in [-0.3, -0.25) is 4.79 Å². The molecule has 136 valence electrons. The molecule has 2 aromatic carbocycles. The van der Waals surface area contributed by atoms with Gasteiger partial charge in [0.2, 0.25) is 5.95 Å². The van der Waals surface area contributed by atoms with Crippen LogP contribution in [0.5, 0.6) is 5.75 Å². The monoisotopic (exact) mass is 360 g/mol. The van der Waals surface area contributed by atoms with Crippen LogP contribution in [0.2, 0.25) is 0 Å². The Balaban J connectivity index is 1.51. The van der Waals surface area contributed by atoms with Gasteiger partial charge in [-0.25, -0.2) is 9.97 Å². The first-order chi connectivity index (χ1) is 13.3. The van der Waals surface area contributed by atoms with E-state index in [2.05, 4.69) is 21.4 Å². The lowest BCUT2D eigenvalue weighted by Crippen LogP contribution is -2.29. The molecule has 0 spiro atoms. The SMILES string of the molecule is CCOc1ccccc1Nc1ncc(C(=O)N2CCc3ccccc32)cn1. The average molecular weight is 360 g/mol. The zero-order valence-corrected chi connectivity index (χ0v) is 15.1. The van der Waals surface area contributed by atoms with Gasteiger partial charge in [0.05, 0.1) is 17.9 Å². The number of aromatic nitrogens is 2. The lowest BCUT2D eigenvalue weighted by molar-refractivity contribution is 0.0988. The van der Waals surface area contributed by atoms with Gasteiger partial charge >= 0.3 is 0 Å². The number of rotatable bonds is 5. The van der Waals surface area contributed by atoms with Gasteiger partial charge in [-0.15, -0.1) is 0 Å². The molecule has 0 aliphatic carbocycles. The van der Waals surface area contributed by atoms with Crippen LogP contribution >= 0.6 is 0 Å². The minimum Gasteiger partial charge on any atom is -0.492 e. The van der Waals surface area contributed by atoms with Crippen LogP contribution in [-0.2, 0) is 6.42 Å². The van der Waals surface area contributed by atoms with Crippen molar-refractivity contribution in [3.8, 4) is 5.75 Å². The smallest absolute Gasteiger partial charge is 0.261 e. The number of fused-ring (bicyclic) bond motifs is 1. The highest BCUT2D eigenvalue weighted by atomic mass is 16.5. The fourth-order valence-electron chi connectivity index (χ4n) is 3.18. The molecule has 0 atom stereocenters. The van der Waals surface area contributed by atoms with Crippen molar-refractivity contribution in [3.63, 3.8) is 0 Å². The molecule has 3 aromatic rings. The predicted octanol–water partition coefficient (Wildman–Crippen LogP) is 3.82. The van der Waals surface area contributed by atoms with Gasteiger partial charge in [0.25, 0.3) is 5.91 Å². The first-order valence-electron chi connectivity index (χ1n) is 8.97. The second-order valence-electron chi connectivity index (χ2n) is 6.19. The zero-order chi connectivity index (χ0) is 18.6. The number of nitrogens with zero attached hydrogens (tertiary/aromatic N) is 3. The van der Waals surface area contributed by atoms with Crippen molar-refractivity contribution < 1.29 is 9.53 Å². The molecule has 1 aliphatic rings. The number of nitrogens with one attached hydrogen (secondary N) is 1. The Hall–Kier alpha value is -3.41. The molecule has 0 unspecified atom stereocenters. The second-order valence-corrected chi connectivity index (χ2v) is 6.19. The van der Waals surface area contributed by atoms with Gasteiger partial charge in [-0.1, -0.05) is 30.3 Å². The van der Waals surface area contributed by atoms with Crippen LogP contribution in [0.25, 0.3) is 0 Å². The maximum atomic E-state index is 12.8. The summed E-state index contributed by atoms with van der Waals surface area (Å²) in [5, 5.41) is 3.14. The summed E-state index contributed by atoms with van der Waals surface area (Å²) in [6.07, 6.45) is 3.99. The number of para-hydroxylation sites is 3. The molecule has 6 nitrogen and oxygen atoms in total. The summed E-state index contributed by atoms with van der Waals surface area (Å²) < 4.78 is 5.59. The third kappa shape index (κ3) is 3.46. The minimum absolute atomic E-state index is 0.0822. The number of carbonyl (C=O) groups is 1. The molecule has 1 N–H and O–H groups in total. The predicted molar refractivity (Wildman–Crippen MR) is 105 cm³/mol. The van der Waals surface area contributed by atoms with E-state index in [1.807, 2.05) is 49.4 Å². The van der Waals surface area contributed by atoms with E-state index in [1.165, 1.54) is 5.56 Å². The molecule has 2 heterocycles. The molecule has 0 saturated carbocycles. The first-order valence-corrected chi connectivity index (χ1v) is 8.97. The summed E-state index contributed by atoms with van der Waals surface area (Å²) in [5.74, 6) is 1.07. The number of amides is 1. The fourth-order valence-corrected chi connectivity index (χ4v) is 3.18. The minimum atomic E-state index is -0.0822. The van der Waals surface area contributed by atoms with Crippen molar-refractivity contribution in [1.82, 2.24) is 9.97 Å². The van der Waals surface area contributed by atoms with Gasteiger partial charge in [-0.2, -0.15) is 0 Å². The van der Waals surface area contributed by atoms with Crippen molar-refractivity contribution in [2.75, 3.05) is 23.4 Å². The number of carbonyl (C=O) groups excluding carboxylic acids is 1. The van der Waals surface area contributed by atoms with Gasteiger partial charge in [0, 0.05) is 24.6 Å². The summed E-state index contributed by atoms with van der Waals surface area (Å²) in [6, 6.07) is 15.6. The van der Waals surface area contributed by atoms with E-state index in [1.54, 1.807) is 17.3 Å². The summed E-state index contributed by atoms with van der Waals surface area (Å²) in [7, 11) is 0. The number of hydrogen-bond donors (Lipinski definition) is 1. The lowest BCUT2D eigenvalue weighted by atomic mass is 10.2. The summed E-state index contributed by atoms with van der Waals surface area (Å²) in [5.41, 5.74) is 3.41. The van der Waals surface area contributed by atoms with Crippen LogP contribution in [0.3, 0.4) is 0 Å². The highest BCUT2D eigenvalue weighted by Gasteiger charge is 2.25. The average Bonchev–Trinajstić information content (AvgIpc) is 3.14. The molecular weight excluding hydrogens is 340 g/mol. The van der Waals surface area contributed by atoms with Crippen molar-refractivity contribution in [2.45, 2.75) is 13.3 Å². The van der Waals surface area contributed by atoms with Crippen molar-refractivity contribution >= 4 is 23.2 Å². The van der Waals surface area contributed by atoms with Gasteiger partial charge < -0.3 is 15.0 Å². The molecule has 0 fully saturated rings. The Bertz CT molecular complexity index is 956. The number of ether oxygens (including phenoxy) is 1. The molecule has 4 rings (SSSR count). The van der Waals surface area contributed by atoms with Crippen LogP contribution in [0.1, 0.15) is 22.8 Å². The highest BCUT2D eigenvalue weighted by Crippen LogP contribution is 2.29. The summed E-state index contributed by atoms with van der Waals surface area (Å²) in [6.45, 7) is 3.19. The van der Waals surface area contributed by atoms with Crippen molar-refractivity contribution in [1.29, 1.82) is 0 Å². The molecule has 6 heteroatoms. The van der Waals surface area contributed by atoms with E-state index in [4.69, 9.17) is 4.74 Å². The molecular formula is C21H20N4O2. The normalized spacial score (nSPS) is 12.6. The van der Waals surface area contributed by atoms with Crippen LogP contribution in [-0.4, -0.2) is 29.0 Å². The van der Waals surface area contributed by atoms with E-state index >= 15 is 0 Å². The quantitative estimate of drug-likeness (QED) is 0.749. The third-order valence-corrected chi connectivity index (χ3v) is 4.46. The Morgan fingerprint density at radius 2 is 1.85 bits per heavy atom. The number of anilines is 3. The molecule has 1 aromatic heterocycles. The van der Waals surface area contributed by atoms with E-state index < -0.39 is 0 Å². The van der Waals surface area contributed by atoms with Crippen LogP contribution in [0.4, 0.5) is 17.3 Å². The van der Waals surface area contributed by atoms with E-state index in [0.29, 0.717) is 24.7 Å². The van der Waals surface area contributed by atoms with Crippen LogP contribution in [0.15, 0.2) is 60.9 Å². The maximum absolute atomic E-state index is 12.8. The molecule has 1 amide bonds. The van der Waals surface area contributed by atoms with Gasteiger partial charge in [0.1, 0.15) is 5.75 Å². The van der Waals surface area contributed by atoms with E-state index in [-0.39, 0.29) is 5.91 Å². The lowest BCUT2D eigenvalue weighted by Gasteiger charge is -2.17. The highest BCUT2D eigenvalue weighted by molar-refractivity contribution is 6.07. The molecule has 1 aliphatic heterocycles. The molecule has 0 saturated heterocycles. The summed E-state index contributed by atoms with van der Waals surface area (Å²) >= 11 is 0. The number of benzene rings is 2. The largest absolute Gasteiger partial charge is 0.492 e. The summed E-state index contributed by atoms with van der Waals surface area (Å²) in [4.78, 5) is 23.2. The topological polar surface area (TPSA) is 67.3 Å². The van der Waals surface area contributed by atoms with Crippen LogP contribution in [0, 0.1) is 0 Å². The molecule has 0 bridgehead atoms. The van der Waals surface area contributed by atoms with E-state index in [0.717, 1.165) is 23.5 Å². The van der Waals surface area contributed by atoms with Crippen LogP contribution < -0.4 is 15.0 Å². The Kier molecular flexibility index (Phi) is 4.70. The zero-order valence-electron chi connectivity index (χ0n) is 15.1. The van der Waals surface area contributed by atoms with Gasteiger partial charge in [-0.05, 0) is 37.1 Å². The maximum Gasteiger partial charge on any atom is 0.261 e. The van der Waals surface area contributed by atoms with Crippen molar-refractivity contribution in [2.24, 2.45) is 0 Å². The third-order valence-electron chi connectivity index (χ3n) is 4.46. The Morgan fingerprint density at radius 3 is 2.67 bits per heavy atom. The Labute approximate surface area is 157 Å². The standard InChI is InChI=1S/C21H20N4O2/c1-2-27-19-10-6-4-8-17(19)24-21-22-13-16(14-23-21)20(26)25-12-11-15-7-3-5-9-18(15)25/h3-10,13-14H,2,11-12H2,1H3,(H,22,23,24). The molecule has 0 radical (unpaired) electrons. The number of hydrogen-bond acceptors (Lipinski definition) is 5. The molecule has 27 heavy (non-hydrogen) atoms. The van der Waals surface area contributed by atoms with Gasteiger partial charge in [0.15, 0.2) is 0 Å².